The summed E-state index contributed by atoms with van der Waals surface area (Å²) in [5.41, 5.74) is 0.314. The third kappa shape index (κ3) is 3.04. The number of aliphatic imine (C=N–C) groups is 1. The van der Waals surface area contributed by atoms with E-state index in [0.29, 0.717) is 11.6 Å². The molecule has 0 amide bonds. The molecule has 0 bridgehead atoms. The third-order valence-corrected chi connectivity index (χ3v) is 6.06. The molecule has 1 saturated heterocycles. The van der Waals surface area contributed by atoms with Gasteiger partial charge in [0.15, 0.2) is 5.17 Å². The number of amidine groups is 1. The molecule has 1 N–H and O–H groups in total. The lowest BCUT2D eigenvalue weighted by atomic mass is 9.80. The number of thioether (sulfide) groups is 1. The summed E-state index contributed by atoms with van der Waals surface area (Å²) >= 11 is 1.93. The molecule has 2 aliphatic rings. The normalized spacial score (nSPS) is 37.8. The van der Waals surface area contributed by atoms with Crippen molar-refractivity contribution >= 4 is 16.9 Å². The van der Waals surface area contributed by atoms with Gasteiger partial charge in [0.1, 0.15) is 0 Å². The lowest BCUT2D eigenvalue weighted by molar-refractivity contribution is 0.264. The van der Waals surface area contributed by atoms with Crippen molar-refractivity contribution in [3.05, 3.63) is 0 Å². The minimum absolute atomic E-state index is 0.314. The Morgan fingerprint density at radius 2 is 2.00 bits per heavy atom. The number of hydrogen-bond acceptors (Lipinski definition) is 2. The van der Waals surface area contributed by atoms with Gasteiger partial charge < -0.3 is 5.32 Å². The van der Waals surface area contributed by atoms with Crippen molar-refractivity contribution in [2.75, 3.05) is 5.75 Å². The van der Waals surface area contributed by atoms with Crippen LogP contribution in [0.3, 0.4) is 0 Å². The predicted octanol–water partition coefficient (Wildman–Crippen LogP) is 4.06. The molecule has 3 atom stereocenters. The van der Waals surface area contributed by atoms with Gasteiger partial charge in [-0.3, -0.25) is 4.99 Å². The molecule has 1 heterocycles. The molecule has 2 nitrogen and oxygen atoms in total. The summed E-state index contributed by atoms with van der Waals surface area (Å²) in [5.74, 6) is 2.84. The van der Waals surface area contributed by atoms with E-state index in [1.54, 1.807) is 0 Å². The van der Waals surface area contributed by atoms with Gasteiger partial charge in [0.25, 0.3) is 0 Å². The maximum Gasteiger partial charge on any atom is 0.157 e. The quantitative estimate of drug-likeness (QED) is 0.834. The van der Waals surface area contributed by atoms with Crippen LogP contribution in [0.4, 0.5) is 0 Å². The van der Waals surface area contributed by atoms with Gasteiger partial charge in [-0.2, -0.15) is 0 Å². The van der Waals surface area contributed by atoms with Crippen LogP contribution >= 0.6 is 11.8 Å². The summed E-state index contributed by atoms with van der Waals surface area (Å²) < 4.78 is 0. The van der Waals surface area contributed by atoms with Crippen LogP contribution in [0.1, 0.15) is 59.8 Å². The first-order valence-corrected chi connectivity index (χ1v) is 8.56. The number of nitrogens with zero attached hydrogens (tertiary/aromatic N) is 1. The SMILES string of the molecule is CCC1(CC)CSC(=NC2CCC(C)CC2C)N1. The summed E-state index contributed by atoms with van der Waals surface area (Å²) in [7, 11) is 0. The van der Waals surface area contributed by atoms with Gasteiger partial charge in [0, 0.05) is 11.3 Å². The lowest BCUT2D eigenvalue weighted by Gasteiger charge is -2.30. The first-order valence-electron chi connectivity index (χ1n) is 7.57. The van der Waals surface area contributed by atoms with Crippen LogP contribution in [-0.2, 0) is 0 Å². The second-order valence-electron chi connectivity index (χ2n) is 6.30. The summed E-state index contributed by atoms with van der Waals surface area (Å²) in [6, 6.07) is 0.556. The Kier molecular flexibility index (Phi) is 4.63. The van der Waals surface area contributed by atoms with Gasteiger partial charge in [0.05, 0.1) is 6.04 Å². The van der Waals surface area contributed by atoms with E-state index in [0.717, 1.165) is 11.8 Å². The van der Waals surface area contributed by atoms with Crippen molar-refractivity contribution in [3.63, 3.8) is 0 Å². The Bertz CT molecular complexity index is 310. The fourth-order valence-electron chi connectivity index (χ4n) is 3.20. The van der Waals surface area contributed by atoms with E-state index in [1.807, 2.05) is 11.8 Å². The van der Waals surface area contributed by atoms with E-state index in [1.165, 1.54) is 43.0 Å². The van der Waals surface area contributed by atoms with E-state index in [-0.39, 0.29) is 0 Å². The Morgan fingerprint density at radius 3 is 2.56 bits per heavy atom. The van der Waals surface area contributed by atoms with Gasteiger partial charge in [0.2, 0.25) is 0 Å². The minimum atomic E-state index is 0.314. The molecule has 2 fully saturated rings. The van der Waals surface area contributed by atoms with Gasteiger partial charge in [-0.05, 0) is 43.9 Å². The second kappa shape index (κ2) is 5.85. The van der Waals surface area contributed by atoms with Crippen LogP contribution in [0.25, 0.3) is 0 Å². The molecule has 1 aliphatic carbocycles. The van der Waals surface area contributed by atoms with Crippen LogP contribution in [0, 0.1) is 11.8 Å². The Balaban J connectivity index is 1.98. The Labute approximate surface area is 116 Å². The molecule has 0 aromatic carbocycles. The minimum Gasteiger partial charge on any atom is -0.359 e. The maximum absolute atomic E-state index is 5.01. The van der Waals surface area contributed by atoms with Crippen molar-refractivity contribution in [1.29, 1.82) is 0 Å². The highest BCUT2D eigenvalue weighted by molar-refractivity contribution is 8.14. The van der Waals surface area contributed by atoms with Crippen LogP contribution in [0.2, 0.25) is 0 Å². The second-order valence-corrected chi connectivity index (χ2v) is 7.26. The smallest absolute Gasteiger partial charge is 0.157 e. The van der Waals surface area contributed by atoms with E-state index in [2.05, 4.69) is 33.0 Å². The summed E-state index contributed by atoms with van der Waals surface area (Å²) in [6.45, 7) is 9.31. The average molecular weight is 268 g/mol. The molecule has 2 rings (SSSR count). The van der Waals surface area contributed by atoms with Gasteiger partial charge >= 0.3 is 0 Å². The summed E-state index contributed by atoms with van der Waals surface area (Å²) in [5, 5.41) is 4.91. The Hall–Kier alpha value is -0.180. The number of hydrogen-bond donors (Lipinski definition) is 1. The molecule has 0 spiro atoms. The highest BCUT2D eigenvalue weighted by Crippen LogP contribution is 2.33. The maximum atomic E-state index is 5.01. The van der Waals surface area contributed by atoms with Crippen molar-refractivity contribution in [2.24, 2.45) is 16.8 Å². The fourth-order valence-corrected chi connectivity index (χ4v) is 4.59. The molecule has 3 heteroatoms. The summed E-state index contributed by atoms with van der Waals surface area (Å²) in [4.78, 5) is 5.01. The molecule has 1 saturated carbocycles. The first-order chi connectivity index (χ1) is 8.58. The van der Waals surface area contributed by atoms with Crippen molar-refractivity contribution < 1.29 is 0 Å². The fraction of sp³-hybridized carbons (Fsp3) is 0.933. The highest BCUT2D eigenvalue weighted by atomic mass is 32.2. The number of rotatable bonds is 3. The van der Waals surface area contributed by atoms with Crippen LogP contribution < -0.4 is 5.32 Å². The van der Waals surface area contributed by atoms with Crippen molar-refractivity contribution in [2.45, 2.75) is 71.4 Å². The van der Waals surface area contributed by atoms with E-state index in [4.69, 9.17) is 4.99 Å². The molecule has 18 heavy (non-hydrogen) atoms. The molecular weight excluding hydrogens is 240 g/mol. The van der Waals surface area contributed by atoms with Gasteiger partial charge in [-0.1, -0.05) is 39.5 Å². The van der Waals surface area contributed by atoms with Crippen LogP contribution in [-0.4, -0.2) is 22.5 Å². The number of nitrogens with one attached hydrogen (secondary N) is 1. The van der Waals surface area contributed by atoms with Crippen molar-refractivity contribution in [1.82, 2.24) is 5.32 Å². The molecule has 104 valence electrons. The lowest BCUT2D eigenvalue weighted by Crippen LogP contribution is -2.42. The molecule has 1 aliphatic heterocycles. The monoisotopic (exact) mass is 268 g/mol. The van der Waals surface area contributed by atoms with Crippen LogP contribution in [0.5, 0.6) is 0 Å². The predicted molar refractivity (Wildman–Crippen MR) is 82.3 cm³/mol. The van der Waals surface area contributed by atoms with E-state index >= 15 is 0 Å². The third-order valence-electron chi connectivity index (χ3n) is 4.88. The largest absolute Gasteiger partial charge is 0.359 e. The van der Waals surface area contributed by atoms with Crippen LogP contribution in [0.15, 0.2) is 4.99 Å². The van der Waals surface area contributed by atoms with Gasteiger partial charge in [-0.15, -0.1) is 0 Å². The van der Waals surface area contributed by atoms with Gasteiger partial charge in [-0.25, -0.2) is 0 Å². The molecular formula is C15H28N2S. The molecule has 0 radical (unpaired) electrons. The summed E-state index contributed by atoms with van der Waals surface area (Å²) in [6.07, 6.45) is 6.38. The van der Waals surface area contributed by atoms with E-state index in [9.17, 15) is 0 Å². The standard InChI is InChI=1S/C15H28N2S/c1-5-15(6-2)10-18-14(17-15)16-13-8-7-11(3)9-12(13)4/h11-13H,5-10H2,1-4H3,(H,16,17). The molecule has 0 aromatic rings. The zero-order valence-electron chi connectivity index (χ0n) is 12.3. The Morgan fingerprint density at radius 1 is 1.28 bits per heavy atom. The zero-order valence-corrected chi connectivity index (χ0v) is 13.1. The van der Waals surface area contributed by atoms with Crippen molar-refractivity contribution in [3.8, 4) is 0 Å². The first kappa shape index (κ1) is 14.2. The highest BCUT2D eigenvalue weighted by Gasteiger charge is 2.35. The zero-order chi connectivity index (χ0) is 13.2. The average Bonchev–Trinajstić information content (AvgIpc) is 2.77. The molecule has 3 unspecified atom stereocenters. The molecule has 0 aromatic heterocycles. The topological polar surface area (TPSA) is 24.4 Å². The van der Waals surface area contributed by atoms with E-state index < -0.39 is 0 Å².